The highest BCUT2D eigenvalue weighted by molar-refractivity contribution is 5.82. The number of rotatable bonds is 6. The molecule has 4 nitrogen and oxygen atoms in total. The summed E-state index contributed by atoms with van der Waals surface area (Å²) in [7, 11) is 4.13. The molecule has 19 heavy (non-hydrogen) atoms. The summed E-state index contributed by atoms with van der Waals surface area (Å²) < 4.78 is 0. The van der Waals surface area contributed by atoms with Gasteiger partial charge in [0.05, 0.1) is 6.04 Å². The molecule has 1 N–H and O–H groups in total. The van der Waals surface area contributed by atoms with Gasteiger partial charge in [0, 0.05) is 19.6 Å². The van der Waals surface area contributed by atoms with Crippen LogP contribution in [-0.2, 0) is 4.79 Å². The summed E-state index contributed by atoms with van der Waals surface area (Å²) in [5.41, 5.74) is 0. The second kappa shape index (κ2) is 6.71. The number of nitrogens with one attached hydrogen (secondary N) is 1. The van der Waals surface area contributed by atoms with Crippen molar-refractivity contribution < 1.29 is 4.79 Å². The van der Waals surface area contributed by atoms with Gasteiger partial charge in [-0.1, -0.05) is 13.3 Å². The molecule has 0 aromatic rings. The van der Waals surface area contributed by atoms with Crippen LogP contribution in [0.3, 0.4) is 0 Å². The van der Waals surface area contributed by atoms with Gasteiger partial charge in [-0.3, -0.25) is 4.79 Å². The Bertz CT molecular complexity index is 306. The minimum absolute atomic E-state index is 0.0983. The first-order valence-corrected chi connectivity index (χ1v) is 7.80. The molecule has 1 aliphatic heterocycles. The second-order valence-electron chi connectivity index (χ2n) is 6.37. The lowest BCUT2D eigenvalue weighted by atomic mass is 9.93. The fraction of sp³-hybridized carbons (Fsp3) is 0.933. The molecule has 0 spiro atoms. The van der Waals surface area contributed by atoms with Crippen molar-refractivity contribution in [2.24, 2.45) is 11.8 Å². The number of fused-ring (bicyclic) bond motifs is 1. The second-order valence-corrected chi connectivity index (χ2v) is 6.37. The van der Waals surface area contributed by atoms with E-state index >= 15 is 0 Å². The number of hydrogen-bond acceptors (Lipinski definition) is 3. The molecule has 0 bridgehead atoms. The molecule has 4 heteroatoms. The average molecular weight is 267 g/mol. The molecule has 0 aromatic carbocycles. The zero-order valence-electron chi connectivity index (χ0n) is 12.7. The molecule has 1 aliphatic carbocycles. The van der Waals surface area contributed by atoms with E-state index in [-0.39, 0.29) is 6.04 Å². The highest BCUT2D eigenvalue weighted by Gasteiger charge is 2.43. The molecule has 2 fully saturated rings. The van der Waals surface area contributed by atoms with Crippen molar-refractivity contribution in [1.82, 2.24) is 15.1 Å². The zero-order chi connectivity index (χ0) is 13.8. The summed E-state index contributed by atoms with van der Waals surface area (Å²) >= 11 is 0. The largest absolute Gasteiger partial charge is 0.340 e. The van der Waals surface area contributed by atoms with Crippen LogP contribution in [0.4, 0.5) is 0 Å². The number of hydrogen-bond donors (Lipinski definition) is 1. The molecule has 0 aromatic heterocycles. The van der Waals surface area contributed by atoms with Crippen LogP contribution in [0.5, 0.6) is 0 Å². The van der Waals surface area contributed by atoms with Gasteiger partial charge < -0.3 is 15.1 Å². The molecule has 1 heterocycles. The van der Waals surface area contributed by atoms with Gasteiger partial charge >= 0.3 is 0 Å². The Morgan fingerprint density at radius 3 is 2.68 bits per heavy atom. The van der Waals surface area contributed by atoms with Crippen LogP contribution in [0, 0.1) is 11.8 Å². The third-order valence-electron chi connectivity index (χ3n) is 4.63. The van der Waals surface area contributed by atoms with Crippen LogP contribution < -0.4 is 5.32 Å². The molecular weight excluding hydrogens is 238 g/mol. The van der Waals surface area contributed by atoms with E-state index in [4.69, 9.17) is 0 Å². The van der Waals surface area contributed by atoms with Crippen molar-refractivity contribution in [3.05, 3.63) is 0 Å². The Morgan fingerprint density at radius 2 is 2.00 bits per heavy atom. The van der Waals surface area contributed by atoms with Crippen LogP contribution in [-0.4, -0.2) is 62.0 Å². The van der Waals surface area contributed by atoms with Crippen molar-refractivity contribution in [3.8, 4) is 0 Å². The van der Waals surface area contributed by atoms with Crippen molar-refractivity contribution >= 4 is 5.91 Å². The van der Waals surface area contributed by atoms with Crippen LogP contribution in [0.2, 0.25) is 0 Å². The molecule has 2 aliphatic rings. The first kappa shape index (κ1) is 14.8. The van der Waals surface area contributed by atoms with Gasteiger partial charge in [-0.15, -0.1) is 0 Å². The third kappa shape index (κ3) is 3.48. The number of carbonyl (C=O) groups is 1. The van der Waals surface area contributed by atoms with E-state index in [1.165, 1.54) is 19.3 Å². The van der Waals surface area contributed by atoms with Gasteiger partial charge in [0.15, 0.2) is 0 Å². The Morgan fingerprint density at radius 1 is 1.21 bits per heavy atom. The summed E-state index contributed by atoms with van der Waals surface area (Å²) in [4.78, 5) is 17.0. The van der Waals surface area contributed by atoms with E-state index < -0.39 is 0 Å². The molecule has 1 saturated carbocycles. The van der Waals surface area contributed by atoms with Crippen molar-refractivity contribution in [2.75, 3.05) is 40.3 Å². The third-order valence-corrected chi connectivity index (χ3v) is 4.63. The summed E-state index contributed by atoms with van der Waals surface area (Å²) in [6.45, 7) is 5.90. The SMILES string of the molecule is CCCN(CCN(C)C)C(=O)C1NCC2CCCC21. The van der Waals surface area contributed by atoms with Crippen LogP contribution in [0.25, 0.3) is 0 Å². The molecule has 3 atom stereocenters. The van der Waals surface area contributed by atoms with Gasteiger partial charge in [0.25, 0.3) is 0 Å². The highest BCUT2D eigenvalue weighted by atomic mass is 16.2. The van der Waals surface area contributed by atoms with Crippen LogP contribution in [0.15, 0.2) is 0 Å². The Hall–Kier alpha value is -0.610. The van der Waals surface area contributed by atoms with Crippen LogP contribution in [0.1, 0.15) is 32.6 Å². The summed E-state index contributed by atoms with van der Waals surface area (Å²) in [6.07, 6.45) is 4.90. The van der Waals surface area contributed by atoms with E-state index in [0.29, 0.717) is 11.8 Å². The summed E-state index contributed by atoms with van der Waals surface area (Å²) in [6, 6.07) is 0.0983. The maximum atomic E-state index is 12.7. The van der Waals surface area contributed by atoms with Crippen molar-refractivity contribution in [3.63, 3.8) is 0 Å². The van der Waals surface area contributed by atoms with Crippen molar-refractivity contribution in [2.45, 2.75) is 38.6 Å². The first-order chi connectivity index (χ1) is 9.13. The topological polar surface area (TPSA) is 35.6 Å². The van der Waals surface area contributed by atoms with E-state index in [9.17, 15) is 4.79 Å². The molecule has 2 rings (SSSR count). The molecule has 1 saturated heterocycles. The molecular formula is C15H29N3O. The molecule has 1 amide bonds. The minimum atomic E-state index is 0.0983. The van der Waals surface area contributed by atoms with Gasteiger partial charge in [0.2, 0.25) is 5.91 Å². The quantitative estimate of drug-likeness (QED) is 0.785. The molecule has 3 unspecified atom stereocenters. The Balaban J connectivity index is 1.94. The van der Waals surface area contributed by atoms with Gasteiger partial charge in [-0.25, -0.2) is 0 Å². The first-order valence-electron chi connectivity index (χ1n) is 7.80. The lowest BCUT2D eigenvalue weighted by molar-refractivity contribution is -0.134. The van der Waals surface area contributed by atoms with Crippen LogP contribution >= 0.6 is 0 Å². The lowest BCUT2D eigenvalue weighted by Crippen LogP contribution is -2.48. The minimum Gasteiger partial charge on any atom is -0.340 e. The Kier molecular flexibility index (Phi) is 5.22. The molecule has 110 valence electrons. The van der Waals surface area contributed by atoms with E-state index in [1.807, 2.05) is 0 Å². The average Bonchev–Trinajstić information content (AvgIpc) is 2.95. The predicted octanol–water partition coefficient (Wildman–Crippen LogP) is 1.17. The predicted molar refractivity (Wildman–Crippen MR) is 78.0 cm³/mol. The summed E-state index contributed by atoms with van der Waals surface area (Å²) in [5, 5.41) is 3.48. The fourth-order valence-corrected chi connectivity index (χ4v) is 3.58. The Labute approximate surface area is 117 Å². The van der Waals surface area contributed by atoms with Gasteiger partial charge in [0.1, 0.15) is 0 Å². The van der Waals surface area contributed by atoms with Gasteiger partial charge in [-0.05, 0) is 51.7 Å². The van der Waals surface area contributed by atoms with Gasteiger partial charge in [-0.2, -0.15) is 0 Å². The fourth-order valence-electron chi connectivity index (χ4n) is 3.58. The number of likely N-dealkylation sites (N-methyl/N-ethyl adjacent to an activating group) is 1. The van der Waals surface area contributed by atoms with Crippen molar-refractivity contribution in [1.29, 1.82) is 0 Å². The zero-order valence-corrected chi connectivity index (χ0v) is 12.7. The lowest BCUT2D eigenvalue weighted by Gasteiger charge is -2.29. The standard InChI is InChI=1S/C15H29N3O/c1-4-8-18(10-9-17(2)3)15(19)14-13-7-5-6-12(13)11-16-14/h12-14,16H,4-11H2,1-3H3. The normalized spacial score (nSPS) is 29.8. The monoisotopic (exact) mass is 267 g/mol. The van der Waals surface area contributed by atoms with E-state index in [0.717, 1.165) is 38.5 Å². The maximum absolute atomic E-state index is 12.7. The maximum Gasteiger partial charge on any atom is 0.240 e. The number of nitrogens with zero attached hydrogens (tertiary/aromatic N) is 2. The number of amides is 1. The van der Waals surface area contributed by atoms with E-state index in [2.05, 4.69) is 36.1 Å². The number of carbonyl (C=O) groups excluding carboxylic acids is 1. The summed E-state index contributed by atoms with van der Waals surface area (Å²) in [5.74, 6) is 1.70. The smallest absolute Gasteiger partial charge is 0.240 e. The van der Waals surface area contributed by atoms with E-state index in [1.54, 1.807) is 0 Å². The highest BCUT2D eigenvalue weighted by Crippen LogP contribution is 2.38. The molecule has 0 radical (unpaired) electrons.